The number of benzene rings is 2. The summed E-state index contributed by atoms with van der Waals surface area (Å²) in [5.74, 6) is -0.976. The van der Waals surface area contributed by atoms with Crippen molar-refractivity contribution in [3.8, 4) is 27.6 Å². The van der Waals surface area contributed by atoms with Crippen molar-refractivity contribution in [3.05, 3.63) is 101 Å². The van der Waals surface area contributed by atoms with E-state index in [0.29, 0.717) is 42.3 Å². The number of hydrogen-bond donors (Lipinski definition) is 4. The number of methoxy groups -OCH3 is 1. The summed E-state index contributed by atoms with van der Waals surface area (Å²) in [6.07, 6.45) is 4.30. The summed E-state index contributed by atoms with van der Waals surface area (Å²) < 4.78 is 11.8. The van der Waals surface area contributed by atoms with Crippen LogP contribution in [0.3, 0.4) is 0 Å². The maximum atomic E-state index is 14.2. The lowest BCUT2D eigenvalue weighted by Gasteiger charge is -2.37. The first-order valence-electron chi connectivity index (χ1n) is 21.9. The highest BCUT2D eigenvalue weighted by Gasteiger charge is 2.41. The summed E-state index contributed by atoms with van der Waals surface area (Å²) in [4.78, 5) is 68.1. The number of nitrogens with zero attached hydrogens (tertiary/aromatic N) is 5. The van der Waals surface area contributed by atoms with Gasteiger partial charge in [0.1, 0.15) is 24.1 Å². The predicted molar refractivity (Wildman–Crippen MR) is 247 cm³/mol. The number of aromatic amines is 1. The molecule has 2 aliphatic heterocycles. The standard InChI is InChI=1S/C48H59N9O6S/c1-29(31-13-15-32(16-14-31)44-30(2)50-28-64-44)52-46(60)41-12-9-23-57(41)47(61)35(48(3,4)5)25-49-43(58)27-63-34-18-20-40(56(6)26-34)33-17-19-38(42(24-33)62-7)54-45(59)39-11-8-10-36(53-39)37-21-22-51-55-37/h8,10-11,13-17,19,21-22,24,28-29,34-35,40-41H,9,12,18,20,23,25-27H2,1-7H3,(H,49,58)(H,51,55)(H,52,60)(H,54,59)/t29-,34+,35+,40+,41-/m0/s1. The first-order chi connectivity index (χ1) is 30.7. The molecule has 64 heavy (non-hydrogen) atoms. The molecule has 2 saturated heterocycles. The van der Waals surface area contributed by atoms with Gasteiger partial charge in [-0.2, -0.15) is 5.10 Å². The molecule has 0 aliphatic carbocycles. The van der Waals surface area contributed by atoms with Gasteiger partial charge in [-0.05, 0) is 99.0 Å². The summed E-state index contributed by atoms with van der Waals surface area (Å²) in [6, 6.07) is 20.2. The number of carbonyl (C=O) groups is 4. The van der Waals surface area contributed by atoms with Gasteiger partial charge in [0.25, 0.3) is 5.91 Å². The van der Waals surface area contributed by atoms with Gasteiger partial charge in [0.2, 0.25) is 17.7 Å². The molecule has 4 amide bonds. The zero-order chi connectivity index (χ0) is 45.5. The van der Waals surface area contributed by atoms with Gasteiger partial charge in [0, 0.05) is 31.9 Å². The normalized spacial score (nSPS) is 18.9. The zero-order valence-electron chi connectivity index (χ0n) is 37.6. The Bertz CT molecular complexity index is 2410. The maximum Gasteiger partial charge on any atom is 0.274 e. The monoisotopic (exact) mass is 889 g/mol. The number of aromatic nitrogens is 4. The Hall–Kier alpha value is -5.97. The number of thiazole rings is 1. The number of anilines is 1. The van der Waals surface area contributed by atoms with Gasteiger partial charge < -0.3 is 30.3 Å². The van der Waals surface area contributed by atoms with Crippen molar-refractivity contribution in [2.24, 2.45) is 11.3 Å². The van der Waals surface area contributed by atoms with Crippen LogP contribution < -0.4 is 20.7 Å². The van der Waals surface area contributed by atoms with E-state index in [0.717, 1.165) is 46.5 Å². The van der Waals surface area contributed by atoms with E-state index in [1.807, 2.05) is 77.5 Å². The summed E-state index contributed by atoms with van der Waals surface area (Å²) in [5, 5.41) is 15.9. The molecule has 0 radical (unpaired) electrons. The first kappa shape index (κ1) is 46.0. The van der Waals surface area contributed by atoms with Crippen molar-refractivity contribution in [1.82, 2.24) is 40.6 Å². The average Bonchev–Trinajstić information content (AvgIpc) is 4.09. The molecule has 338 valence electrons. The minimum absolute atomic E-state index is 0.0729. The molecule has 0 saturated carbocycles. The van der Waals surface area contributed by atoms with Crippen LogP contribution in [0.1, 0.15) is 92.8 Å². The molecule has 4 N–H and O–H groups in total. The van der Waals surface area contributed by atoms with Crippen LogP contribution in [0, 0.1) is 18.3 Å². The largest absolute Gasteiger partial charge is 0.495 e. The van der Waals surface area contributed by atoms with Crippen LogP contribution in [0.15, 0.2) is 78.4 Å². The minimum Gasteiger partial charge on any atom is -0.495 e. The Morgan fingerprint density at radius 3 is 2.50 bits per heavy atom. The van der Waals surface area contributed by atoms with E-state index in [1.165, 1.54) is 0 Å². The quantitative estimate of drug-likeness (QED) is 0.0857. The van der Waals surface area contributed by atoms with Crippen molar-refractivity contribution in [2.75, 3.05) is 45.7 Å². The number of ether oxygens (including phenoxy) is 2. The molecule has 0 unspecified atom stereocenters. The van der Waals surface area contributed by atoms with Crippen molar-refractivity contribution in [1.29, 1.82) is 0 Å². The Labute approximate surface area is 378 Å². The molecule has 5 heterocycles. The van der Waals surface area contributed by atoms with Gasteiger partial charge in [0.05, 0.1) is 58.3 Å². The first-order valence-corrected chi connectivity index (χ1v) is 22.7. The molecule has 3 aromatic heterocycles. The highest BCUT2D eigenvalue weighted by atomic mass is 32.1. The molecular weight excluding hydrogens is 831 g/mol. The van der Waals surface area contributed by atoms with Crippen molar-refractivity contribution >= 4 is 40.7 Å². The third kappa shape index (κ3) is 10.9. The van der Waals surface area contributed by atoms with E-state index in [-0.39, 0.29) is 60.7 Å². The van der Waals surface area contributed by atoms with E-state index in [1.54, 1.807) is 53.8 Å². The van der Waals surface area contributed by atoms with Gasteiger partial charge in [-0.3, -0.25) is 29.2 Å². The lowest BCUT2D eigenvalue weighted by atomic mass is 9.79. The number of likely N-dealkylation sites (N-methyl/N-ethyl adjacent to an activating group) is 1. The molecule has 0 bridgehead atoms. The second-order valence-electron chi connectivity index (χ2n) is 17.8. The second kappa shape index (κ2) is 20.2. The SMILES string of the molecule is COc1cc([C@H]2CC[C@@H](OCC(=O)NC[C@H](C(=O)N3CCC[C@H]3C(=O)N[C@@H](C)c3ccc(-c4scnc4C)cc3)C(C)(C)C)CN2C)ccc1NC(=O)c1cccc(-c2ccn[nH]2)n1. The van der Waals surface area contributed by atoms with Gasteiger partial charge in [-0.25, -0.2) is 9.97 Å². The Kier molecular flexibility index (Phi) is 14.6. The van der Waals surface area contributed by atoms with Gasteiger partial charge in [-0.1, -0.05) is 57.2 Å². The van der Waals surface area contributed by atoms with Crippen molar-refractivity contribution in [3.63, 3.8) is 0 Å². The zero-order valence-corrected chi connectivity index (χ0v) is 38.5. The summed E-state index contributed by atoms with van der Waals surface area (Å²) in [6.45, 7) is 11.0. The van der Waals surface area contributed by atoms with E-state index in [4.69, 9.17) is 9.47 Å². The lowest BCUT2D eigenvalue weighted by Crippen LogP contribution is -2.52. The molecular formula is C48H59N9O6S. The smallest absolute Gasteiger partial charge is 0.274 e. The fraction of sp³-hybridized carbons (Fsp3) is 0.438. The van der Waals surface area contributed by atoms with Gasteiger partial charge in [0.15, 0.2) is 0 Å². The highest BCUT2D eigenvalue weighted by molar-refractivity contribution is 7.13. The molecule has 7 rings (SSSR count). The molecule has 2 aromatic carbocycles. The number of hydrogen-bond acceptors (Lipinski definition) is 11. The van der Waals surface area contributed by atoms with E-state index in [9.17, 15) is 19.2 Å². The van der Waals surface area contributed by atoms with Crippen LogP contribution in [-0.2, 0) is 19.1 Å². The number of carbonyl (C=O) groups excluding carboxylic acids is 4. The topological polar surface area (TPSA) is 184 Å². The van der Waals surface area contributed by atoms with Crippen LogP contribution in [0.5, 0.6) is 5.75 Å². The number of aryl methyl sites for hydroxylation is 1. The highest BCUT2D eigenvalue weighted by Crippen LogP contribution is 2.36. The van der Waals surface area contributed by atoms with E-state index in [2.05, 4.69) is 53.1 Å². The van der Waals surface area contributed by atoms with Crippen LogP contribution in [0.4, 0.5) is 5.69 Å². The average molecular weight is 890 g/mol. The number of amides is 4. The summed E-state index contributed by atoms with van der Waals surface area (Å²) in [7, 11) is 3.59. The Balaban J connectivity index is 0.879. The fourth-order valence-electron chi connectivity index (χ4n) is 8.60. The molecule has 2 aliphatic rings. The minimum atomic E-state index is -0.579. The predicted octanol–water partition coefficient (Wildman–Crippen LogP) is 6.96. The summed E-state index contributed by atoms with van der Waals surface area (Å²) >= 11 is 1.60. The molecule has 5 aromatic rings. The summed E-state index contributed by atoms with van der Waals surface area (Å²) in [5.41, 5.74) is 7.57. The van der Waals surface area contributed by atoms with E-state index < -0.39 is 17.4 Å². The molecule has 16 heteroatoms. The number of piperidine rings is 1. The fourth-order valence-corrected chi connectivity index (χ4v) is 9.41. The molecule has 15 nitrogen and oxygen atoms in total. The number of likely N-dealkylation sites (tertiary alicyclic amines) is 2. The number of pyridine rings is 1. The Morgan fingerprint density at radius 1 is 1.02 bits per heavy atom. The second-order valence-corrected chi connectivity index (χ2v) is 18.6. The van der Waals surface area contributed by atoms with E-state index >= 15 is 0 Å². The third-order valence-electron chi connectivity index (χ3n) is 12.3. The van der Waals surface area contributed by atoms with Crippen LogP contribution >= 0.6 is 11.3 Å². The number of H-pyrrole nitrogens is 1. The van der Waals surface area contributed by atoms with Crippen LogP contribution in [-0.4, -0.2) is 106 Å². The molecule has 0 spiro atoms. The van der Waals surface area contributed by atoms with Crippen molar-refractivity contribution in [2.45, 2.75) is 84.5 Å². The lowest BCUT2D eigenvalue weighted by molar-refractivity contribution is -0.145. The van der Waals surface area contributed by atoms with Gasteiger partial charge in [-0.15, -0.1) is 11.3 Å². The van der Waals surface area contributed by atoms with Crippen molar-refractivity contribution < 1.29 is 28.7 Å². The maximum absolute atomic E-state index is 14.2. The molecule has 5 atom stereocenters. The number of rotatable bonds is 15. The van der Waals surface area contributed by atoms with Gasteiger partial charge >= 0.3 is 0 Å². The van der Waals surface area contributed by atoms with Crippen LogP contribution in [0.25, 0.3) is 21.8 Å². The van der Waals surface area contributed by atoms with Crippen LogP contribution in [0.2, 0.25) is 0 Å². The molecule has 2 fully saturated rings. The number of nitrogens with one attached hydrogen (secondary N) is 4. The third-order valence-corrected chi connectivity index (χ3v) is 13.3. The Morgan fingerprint density at radius 2 is 1.81 bits per heavy atom.